The van der Waals surface area contributed by atoms with Crippen molar-refractivity contribution in [2.45, 2.75) is 43.5 Å². The monoisotopic (exact) mass is 691 g/mol. The lowest BCUT2D eigenvalue weighted by Crippen LogP contribution is -2.69. The minimum Gasteiger partial charge on any atom is -0.415 e. The maximum absolute atomic E-state index is 13.3. The van der Waals surface area contributed by atoms with Gasteiger partial charge in [0.15, 0.2) is 5.65 Å². The van der Waals surface area contributed by atoms with Crippen LogP contribution in [0.25, 0.3) is 28.0 Å². The summed E-state index contributed by atoms with van der Waals surface area (Å²) >= 11 is 6.22. The van der Waals surface area contributed by atoms with Crippen LogP contribution in [0, 0.1) is 18.3 Å². The zero-order valence-corrected chi connectivity index (χ0v) is 24.4. The number of nitriles is 1. The molecule has 47 heavy (non-hydrogen) atoms. The summed E-state index contributed by atoms with van der Waals surface area (Å²) in [5.41, 5.74) is -3.57. The van der Waals surface area contributed by atoms with Crippen LogP contribution in [0.1, 0.15) is 17.7 Å². The van der Waals surface area contributed by atoms with E-state index >= 15 is 0 Å². The Labute approximate surface area is 263 Å². The van der Waals surface area contributed by atoms with E-state index in [9.17, 15) is 49.6 Å². The maximum Gasteiger partial charge on any atom is 0.447 e. The van der Waals surface area contributed by atoms with Crippen molar-refractivity contribution in [2.75, 3.05) is 18.4 Å². The van der Waals surface area contributed by atoms with Crippen molar-refractivity contribution in [3.8, 4) is 28.5 Å². The van der Waals surface area contributed by atoms with Crippen LogP contribution in [0.15, 0.2) is 48.7 Å². The van der Waals surface area contributed by atoms with Crippen molar-refractivity contribution < 1.29 is 49.0 Å². The van der Waals surface area contributed by atoms with Crippen molar-refractivity contribution >= 4 is 29.2 Å². The van der Waals surface area contributed by atoms with E-state index in [1.807, 2.05) is 6.07 Å². The van der Waals surface area contributed by atoms with Crippen LogP contribution in [0.5, 0.6) is 0 Å². The Bertz CT molecular complexity index is 1830. The van der Waals surface area contributed by atoms with Crippen molar-refractivity contribution in [2.24, 2.45) is 0 Å². The number of alkyl halides is 9. The fraction of sp³-hybridized carbons (Fsp3) is 0.321. The number of anilines is 1. The smallest absolute Gasteiger partial charge is 0.415 e. The van der Waals surface area contributed by atoms with Gasteiger partial charge in [-0.1, -0.05) is 23.7 Å². The molecular formula is C28H19ClF9N7O2. The first-order valence-electron chi connectivity index (χ1n) is 13.3. The third-order valence-corrected chi connectivity index (χ3v) is 7.39. The van der Waals surface area contributed by atoms with Gasteiger partial charge in [-0.25, -0.2) is 19.3 Å². The van der Waals surface area contributed by atoms with Crippen molar-refractivity contribution in [1.29, 1.82) is 5.26 Å². The standard InChI is InChI=1S/C28H19ClF9N7O2/c1-14-9-17(11-19(29)40-14)21-22(16-4-2-3-15(10-16)12-39)43-45-8-6-20(42-23(21)45)41-18-5-7-44(13-18)24(46)47-25(26(30,31)32,27(33,34)35)28(36,37)38/h2-4,6,8-11,18H,5,7,13H2,1H3,(H,41,42)/t18-/m1/s1. The average molecular weight is 692 g/mol. The number of fused-ring (bicyclic) bond motifs is 1. The van der Waals surface area contributed by atoms with Crippen molar-refractivity contribution in [1.82, 2.24) is 24.5 Å². The molecular weight excluding hydrogens is 673 g/mol. The summed E-state index contributed by atoms with van der Waals surface area (Å²) in [5, 5.41) is 17.0. The second-order valence-electron chi connectivity index (χ2n) is 10.4. The Balaban J connectivity index is 1.45. The zero-order chi connectivity index (χ0) is 34.5. The first-order valence-corrected chi connectivity index (χ1v) is 13.7. The number of benzene rings is 1. The van der Waals surface area contributed by atoms with Gasteiger partial charge in [0.05, 0.1) is 17.2 Å². The highest BCUT2D eigenvalue weighted by atomic mass is 35.5. The predicted octanol–water partition coefficient (Wildman–Crippen LogP) is 7.34. The number of carbonyl (C=O) groups is 1. The summed E-state index contributed by atoms with van der Waals surface area (Å²) < 4.78 is 124. The fourth-order valence-corrected chi connectivity index (χ4v) is 5.34. The molecule has 0 bridgehead atoms. The van der Waals surface area contributed by atoms with E-state index in [0.29, 0.717) is 38.5 Å². The molecule has 4 aromatic rings. The molecule has 1 fully saturated rings. The van der Waals surface area contributed by atoms with E-state index in [1.54, 1.807) is 43.3 Å². The quantitative estimate of drug-likeness (QED) is 0.172. The van der Waals surface area contributed by atoms with Crippen LogP contribution in [0.3, 0.4) is 0 Å². The molecule has 0 saturated carbocycles. The number of hydrogen-bond acceptors (Lipinski definition) is 7. The molecule has 4 heterocycles. The van der Waals surface area contributed by atoms with E-state index in [-0.39, 0.29) is 23.0 Å². The van der Waals surface area contributed by atoms with Gasteiger partial charge in [0, 0.05) is 36.6 Å². The number of halogens is 10. The number of aryl methyl sites for hydroxylation is 1. The highest BCUT2D eigenvalue weighted by molar-refractivity contribution is 6.29. The van der Waals surface area contributed by atoms with E-state index in [1.165, 1.54) is 16.8 Å². The molecule has 1 aliphatic rings. The van der Waals surface area contributed by atoms with Gasteiger partial charge in [-0.15, -0.1) is 0 Å². The normalized spacial score (nSPS) is 16.0. The molecule has 0 unspecified atom stereocenters. The molecule has 1 atom stereocenters. The second kappa shape index (κ2) is 11.8. The lowest BCUT2D eigenvalue weighted by Gasteiger charge is -2.38. The van der Waals surface area contributed by atoms with Gasteiger partial charge in [-0.05, 0) is 49.2 Å². The number of nitrogens with one attached hydrogen (secondary N) is 1. The second-order valence-corrected chi connectivity index (χ2v) is 10.8. The Kier molecular flexibility index (Phi) is 8.41. The summed E-state index contributed by atoms with van der Waals surface area (Å²) in [7, 11) is 0. The third kappa shape index (κ3) is 6.19. The van der Waals surface area contributed by atoms with Crippen LogP contribution in [-0.2, 0) is 4.74 Å². The molecule has 0 spiro atoms. The number of ether oxygens (including phenoxy) is 1. The first-order chi connectivity index (χ1) is 21.8. The summed E-state index contributed by atoms with van der Waals surface area (Å²) in [5.74, 6) is 0.128. The van der Waals surface area contributed by atoms with Gasteiger partial charge in [-0.3, -0.25) is 0 Å². The highest BCUT2D eigenvalue weighted by Gasteiger charge is 2.87. The molecule has 0 aliphatic carbocycles. The van der Waals surface area contributed by atoms with E-state index in [0.717, 1.165) is 0 Å². The zero-order valence-electron chi connectivity index (χ0n) is 23.6. The largest absolute Gasteiger partial charge is 0.447 e. The van der Waals surface area contributed by atoms with Crippen LogP contribution >= 0.6 is 11.6 Å². The predicted molar refractivity (Wildman–Crippen MR) is 147 cm³/mol. The molecule has 248 valence electrons. The number of carbonyl (C=O) groups excluding carboxylic acids is 1. The number of hydrogen-bond donors (Lipinski definition) is 1. The molecule has 3 aromatic heterocycles. The molecule has 5 rings (SSSR count). The Morgan fingerprint density at radius 3 is 2.30 bits per heavy atom. The minimum atomic E-state index is -7.05. The lowest BCUT2D eigenvalue weighted by molar-refractivity contribution is -0.444. The highest BCUT2D eigenvalue weighted by Crippen LogP contribution is 2.55. The average Bonchev–Trinajstić information content (AvgIpc) is 3.58. The van der Waals surface area contributed by atoms with Crippen LogP contribution in [-0.4, -0.2) is 73.8 Å². The number of aromatic nitrogens is 4. The molecule has 1 amide bonds. The molecule has 1 saturated heterocycles. The fourth-order valence-electron chi connectivity index (χ4n) is 5.09. The van der Waals surface area contributed by atoms with Crippen LogP contribution in [0.2, 0.25) is 5.15 Å². The number of nitrogens with zero attached hydrogens (tertiary/aromatic N) is 6. The molecule has 0 radical (unpaired) electrons. The molecule has 19 heteroatoms. The Morgan fingerprint density at radius 2 is 1.68 bits per heavy atom. The summed E-state index contributed by atoms with van der Waals surface area (Å²) in [6.07, 6.45) is -22.2. The SMILES string of the molecule is Cc1cc(-c2c(-c3cccc(C#N)c3)nn3ccc(N[C@@H]4CCN(C(=O)OC(C(F)(F)F)(C(F)(F)F)C(F)(F)F)C4)nc23)cc(Cl)n1. The van der Waals surface area contributed by atoms with E-state index in [4.69, 9.17) is 11.6 Å². The van der Waals surface area contributed by atoms with E-state index in [2.05, 4.69) is 25.1 Å². The summed E-state index contributed by atoms with van der Waals surface area (Å²) in [6.45, 7) is 0.581. The van der Waals surface area contributed by atoms with Gasteiger partial charge in [0.1, 0.15) is 16.7 Å². The number of likely N-dealkylation sites (tertiary alicyclic amines) is 1. The topological polar surface area (TPSA) is 108 Å². The van der Waals surface area contributed by atoms with Crippen LogP contribution in [0.4, 0.5) is 50.1 Å². The molecule has 9 nitrogen and oxygen atoms in total. The van der Waals surface area contributed by atoms with E-state index < -0.39 is 49.4 Å². The first kappa shape index (κ1) is 33.6. The van der Waals surface area contributed by atoms with Gasteiger partial charge in [-0.2, -0.15) is 49.9 Å². The van der Waals surface area contributed by atoms with Gasteiger partial charge in [0.2, 0.25) is 0 Å². The van der Waals surface area contributed by atoms with Gasteiger partial charge < -0.3 is 15.0 Å². The Morgan fingerprint density at radius 1 is 1.00 bits per heavy atom. The molecule has 1 aromatic carbocycles. The number of pyridine rings is 1. The van der Waals surface area contributed by atoms with Crippen molar-refractivity contribution in [3.05, 3.63) is 65.1 Å². The third-order valence-electron chi connectivity index (χ3n) is 7.20. The summed E-state index contributed by atoms with van der Waals surface area (Å²) in [6, 6.07) is 12.5. The lowest BCUT2D eigenvalue weighted by atomic mass is 10.00. The molecule has 1 N–H and O–H groups in total. The number of rotatable bonds is 5. The van der Waals surface area contributed by atoms with Gasteiger partial charge >= 0.3 is 30.2 Å². The van der Waals surface area contributed by atoms with Crippen molar-refractivity contribution in [3.63, 3.8) is 0 Å². The minimum absolute atomic E-state index is 0.0868. The number of amides is 1. The summed E-state index contributed by atoms with van der Waals surface area (Å²) in [4.78, 5) is 21.4. The van der Waals surface area contributed by atoms with Gasteiger partial charge in [0.25, 0.3) is 0 Å². The maximum atomic E-state index is 13.3. The Hall–Kier alpha value is -4.79. The van der Waals surface area contributed by atoms with Crippen LogP contribution < -0.4 is 5.32 Å². The molecule has 1 aliphatic heterocycles.